The molecule has 2 N–H and O–H groups in total. The average molecular weight is 258 g/mol. The molecule has 1 aliphatic heterocycles. The Morgan fingerprint density at radius 1 is 1.32 bits per heavy atom. The standard InChI is InChI=1S/C15H18N2O2/c1-10(18)14-12-4-2-3-5-13(12)17-15(14)16-11-6-8-19-9-7-11/h2-5,11,16-17H,6-9H2,1H3. The number of hydrogen-bond acceptors (Lipinski definition) is 3. The third-order valence-electron chi connectivity index (χ3n) is 3.63. The Hall–Kier alpha value is -1.81. The van der Waals surface area contributed by atoms with Gasteiger partial charge < -0.3 is 15.0 Å². The summed E-state index contributed by atoms with van der Waals surface area (Å²) >= 11 is 0. The smallest absolute Gasteiger partial charge is 0.164 e. The van der Waals surface area contributed by atoms with Gasteiger partial charge in [-0.05, 0) is 25.8 Å². The van der Waals surface area contributed by atoms with Crippen LogP contribution in [0.15, 0.2) is 24.3 Å². The lowest BCUT2D eigenvalue weighted by Crippen LogP contribution is -2.28. The zero-order valence-corrected chi connectivity index (χ0v) is 11.0. The summed E-state index contributed by atoms with van der Waals surface area (Å²) in [5, 5.41) is 4.45. The Morgan fingerprint density at radius 3 is 2.79 bits per heavy atom. The minimum Gasteiger partial charge on any atom is -0.381 e. The van der Waals surface area contributed by atoms with E-state index in [0.717, 1.165) is 48.3 Å². The molecular weight excluding hydrogens is 240 g/mol. The molecule has 2 heterocycles. The van der Waals surface area contributed by atoms with Crippen molar-refractivity contribution in [2.24, 2.45) is 0 Å². The predicted molar refractivity (Wildman–Crippen MR) is 75.8 cm³/mol. The van der Waals surface area contributed by atoms with Crippen LogP contribution < -0.4 is 5.32 Å². The molecule has 0 saturated carbocycles. The second-order valence-electron chi connectivity index (χ2n) is 5.01. The summed E-state index contributed by atoms with van der Waals surface area (Å²) in [5.41, 5.74) is 1.77. The Kier molecular flexibility index (Phi) is 3.25. The molecule has 0 spiro atoms. The topological polar surface area (TPSA) is 54.1 Å². The van der Waals surface area contributed by atoms with Gasteiger partial charge in [0.2, 0.25) is 0 Å². The highest BCUT2D eigenvalue weighted by Crippen LogP contribution is 2.28. The predicted octanol–water partition coefficient (Wildman–Crippen LogP) is 2.96. The van der Waals surface area contributed by atoms with Crippen LogP contribution in [0.1, 0.15) is 30.1 Å². The van der Waals surface area contributed by atoms with Crippen molar-refractivity contribution in [3.63, 3.8) is 0 Å². The van der Waals surface area contributed by atoms with Gasteiger partial charge in [0, 0.05) is 30.2 Å². The van der Waals surface area contributed by atoms with Gasteiger partial charge >= 0.3 is 0 Å². The fourth-order valence-corrected chi connectivity index (χ4v) is 2.66. The Balaban J connectivity index is 1.97. The van der Waals surface area contributed by atoms with Crippen LogP contribution in [0.4, 0.5) is 5.82 Å². The number of benzene rings is 1. The highest BCUT2D eigenvalue weighted by atomic mass is 16.5. The third-order valence-corrected chi connectivity index (χ3v) is 3.63. The van der Waals surface area contributed by atoms with Crippen LogP contribution in [0.2, 0.25) is 0 Å². The fraction of sp³-hybridized carbons (Fsp3) is 0.400. The summed E-state index contributed by atoms with van der Waals surface area (Å²) in [5.74, 6) is 0.938. The van der Waals surface area contributed by atoms with E-state index in [0.29, 0.717) is 6.04 Å². The number of carbonyl (C=O) groups excluding carboxylic acids is 1. The first-order valence-electron chi connectivity index (χ1n) is 6.71. The van der Waals surface area contributed by atoms with E-state index in [9.17, 15) is 4.79 Å². The first-order chi connectivity index (χ1) is 9.25. The summed E-state index contributed by atoms with van der Waals surface area (Å²) in [7, 11) is 0. The number of rotatable bonds is 3. The highest BCUT2D eigenvalue weighted by molar-refractivity contribution is 6.11. The van der Waals surface area contributed by atoms with Gasteiger partial charge in [0.05, 0.1) is 5.56 Å². The second-order valence-corrected chi connectivity index (χ2v) is 5.01. The molecule has 1 aromatic carbocycles. The summed E-state index contributed by atoms with van der Waals surface area (Å²) in [6.07, 6.45) is 1.96. The number of ketones is 1. The van der Waals surface area contributed by atoms with Crippen molar-refractivity contribution in [3.8, 4) is 0 Å². The van der Waals surface area contributed by atoms with Gasteiger partial charge in [-0.25, -0.2) is 0 Å². The largest absolute Gasteiger partial charge is 0.381 e. The van der Waals surface area contributed by atoms with Crippen molar-refractivity contribution in [1.29, 1.82) is 0 Å². The number of aromatic nitrogens is 1. The average Bonchev–Trinajstić information content (AvgIpc) is 2.77. The monoisotopic (exact) mass is 258 g/mol. The molecule has 1 fully saturated rings. The molecular formula is C15H18N2O2. The lowest BCUT2D eigenvalue weighted by atomic mass is 10.1. The number of H-pyrrole nitrogens is 1. The summed E-state index contributed by atoms with van der Waals surface area (Å²) < 4.78 is 5.36. The number of para-hydroxylation sites is 1. The summed E-state index contributed by atoms with van der Waals surface area (Å²) in [4.78, 5) is 15.2. The molecule has 3 rings (SSSR count). The van der Waals surface area contributed by atoms with E-state index in [1.807, 2.05) is 24.3 Å². The molecule has 0 amide bonds. The molecule has 4 nitrogen and oxygen atoms in total. The van der Waals surface area contributed by atoms with Gasteiger partial charge in [-0.2, -0.15) is 0 Å². The van der Waals surface area contributed by atoms with Crippen LogP contribution in [0.25, 0.3) is 10.9 Å². The second kappa shape index (κ2) is 5.05. The van der Waals surface area contributed by atoms with Crippen molar-refractivity contribution < 1.29 is 9.53 Å². The minimum absolute atomic E-state index is 0.0898. The number of fused-ring (bicyclic) bond motifs is 1. The van der Waals surface area contributed by atoms with E-state index in [2.05, 4.69) is 10.3 Å². The van der Waals surface area contributed by atoms with Crippen LogP contribution >= 0.6 is 0 Å². The molecule has 0 atom stereocenters. The number of ether oxygens (including phenoxy) is 1. The van der Waals surface area contributed by atoms with Crippen LogP contribution in [0.5, 0.6) is 0 Å². The lowest BCUT2D eigenvalue weighted by molar-refractivity contribution is 0.0903. The Bertz CT molecular complexity index is 597. The van der Waals surface area contributed by atoms with Gasteiger partial charge in [-0.3, -0.25) is 4.79 Å². The quantitative estimate of drug-likeness (QED) is 0.832. The third kappa shape index (κ3) is 2.36. The first kappa shape index (κ1) is 12.2. The number of aromatic amines is 1. The zero-order valence-electron chi connectivity index (χ0n) is 11.0. The fourth-order valence-electron chi connectivity index (χ4n) is 2.66. The molecule has 1 saturated heterocycles. The number of carbonyl (C=O) groups is 1. The molecule has 1 aliphatic rings. The highest BCUT2D eigenvalue weighted by Gasteiger charge is 2.19. The van der Waals surface area contributed by atoms with Gasteiger partial charge in [-0.15, -0.1) is 0 Å². The maximum atomic E-state index is 11.9. The molecule has 4 heteroatoms. The molecule has 2 aromatic rings. The molecule has 0 radical (unpaired) electrons. The van der Waals surface area contributed by atoms with Crippen LogP contribution in [0, 0.1) is 0 Å². The molecule has 0 unspecified atom stereocenters. The van der Waals surface area contributed by atoms with Crippen LogP contribution in [-0.2, 0) is 4.74 Å². The van der Waals surface area contributed by atoms with E-state index < -0.39 is 0 Å². The van der Waals surface area contributed by atoms with E-state index in [4.69, 9.17) is 4.74 Å². The zero-order chi connectivity index (χ0) is 13.2. The van der Waals surface area contributed by atoms with E-state index >= 15 is 0 Å². The SMILES string of the molecule is CC(=O)c1c(NC2CCOCC2)[nH]c2ccccc12. The molecule has 0 aliphatic carbocycles. The lowest BCUT2D eigenvalue weighted by Gasteiger charge is -2.23. The summed E-state index contributed by atoms with van der Waals surface area (Å²) in [6.45, 7) is 3.19. The Morgan fingerprint density at radius 2 is 2.05 bits per heavy atom. The maximum absolute atomic E-state index is 11.9. The normalized spacial score (nSPS) is 16.7. The van der Waals surface area contributed by atoms with Crippen LogP contribution in [-0.4, -0.2) is 30.0 Å². The van der Waals surface area contributed by atoms with Gasteiger partial charge in [-0.1, -0.05) is 18.2 Å². The van der Waals surface area contributed by atoms with Crippen molar-refractivity contribution in [1.82, 2.24) is 4.98 Å². The number of Topliss-reactive ketones (excluding diaryl/α,β-unsaturated/α-hetero) is 1. The number of hydrogen-bond donors (Lipinski definition) is 2. The summed E-state index contributed by atoms with van der Waals surface area (Å²) in [6, 6.07) is 8.29. The van der Waals surface area contributed by atoms with Crippen molar-refractivity contribution in [3.05, 3.63) is 29.8 Å². The molecule has 100 valence electrons. The Labute approximate surface area is 112 Å². The first-order valence-corrected chi connectivity index (χ1v) is 6.71. The van der Waals surface area contributed by atoms with Gasteiger partial charge in [0.25, 0.3) is 0 Å². The van der Waals surface area contributed by atoms with E-state index in [-0.39, 0.29) is 5.78 Å². The molecule has 1 aromatic heterocycles. The van der Waals surface area contributed by atoms with Gasteiger partial charge in [0.15, 0.2) is 5.78 Å². The number of anilines is 1. The van der Waals surface area contributed by atoms with E-state index in [1.54, 1.807) is 6.92 Å². The molecule has 0 bridgehead atoms. The van der Waals surface area contributed by atoms with Gasteiger partial charge in [0.1, 0.15) is 5.82 Å². The number of nitrogens with one attached hydrogen (secondary N) is 2. The minimum atomic E-state index is 0.0898. The van der Waals surface area contributed by atoms with Crippen LogP contribution in [0.3, 0.4) is 0 Å². The van der Waals surface area contributed by atoms with Crippen molar-refractivity contribution in [2.75, 3.05) is 18.5 Å². The van der Waals surface area contributed by atoms with Crippen molar-refractivity contribution >= 4 is 22.5 Å². The maximum Gasteiger partial charge on any atom is 0.164 e. The van der Waals surface area contributed by atoms with Crippen molar-refractivity contribution in [2.45, 2.75) is 25.8 Å². The molecule has 19 heavy (non-hydrogen) atoms. The van der Waals surface area contributed by atoms with E-state index in [1.165, 1.54) is 0 Å².